The van der Waals surface area contributed by atoms with Gasteiger partial charge in [-0.3, -0.25) is 0 Å². The van der Waals surface area contributed by atoms with E-state index in [2.05, 4.69) is 170 Å². The van der Waals surface area contributed by atoms with Crippen molar-refractivity contribution < 1.29 is 4.74 Å². The molecule has 2 heterocycles. The summed E-state index contributed by atoms with van der Waals surface area (Å²) in [5.74, 6) is 2.44. The zero-order valence-corrected chi connectivity index (χ0v) is 27.1. The molecule has 1 aliphatic heterocycles. The van der Waals surface area contributed by atoms with E-state index in [4.69, 9.17) is 14.7 Å². The van der Waals surface area contributed by atoms with E-state index in [1.54, 1.807) is 0 Å². The third-order valence-corrected chi connectivity index (χ3v) is 10.2. The van der Waals surface area contributed by atoms with Gasteiger partial charge < -0.3 is 4.74 Å². The van der Waals surface area contributed by atoms with Gasteiger partial charge in [0.1, 0.15) is 11.5 Å². The van der Waals surface area contributed by atoms with Gasteiger partial charge in [-0.05, 0) is 45.8 Å². The second kappa shape index (κ2) is 11.3. The lowest BCUT2D eigenvalue weighted by Crippen LogP contribution is -2.35. The molecule has 0 amide bonds. The molecule has 1 unspecified atom stereocenters. The Morgan fingerprint density at radius 3 is 1.80 bits per heavy atom. The van der Waals surface area contributed by atoms with Crippen LogP contribution in [0.25, 0.3) is 56.8 Å². The highest BCUT2D eigenvalue weighted by atomic mass is 16.5. The quantitative estimate of drug-likeness (QED) is 0.193. The Balaban J connectivity index is 1.30. The van der Waals surface area contributed by atoms with Crippen LogP contribution in [-0.2, 0) is 5.41 Å². The predicted molar refractivity (Wildman–Crippen MR) is 203 cm³/mol. The zero-order valence-electron chi connectivity index (χ0n) is 27.1. The Labute approximate surface area is 290 Å². The van der Waals surface area contributed by atoms with Crippen LogP contribution in [0, 0.1) is 0 Å². The molecule has 0 bridgehead atoms. The molecule has 0 N–H and O–H groups in total. The summed E-state index contributed by atoms with van der Waals surface area (Å²) in [7, 11) is 0. The van der Waals surface area contributed by atoms with E-state index in [-0.39, 0.29) is 0 Å². The molecule has 3 heteroatoms. The zero-order chi connectivity index (χ0) is 33.1. The van der Waals surface area contributed by atoms with Crippen molar-refractivity contribution in [3.05, 3.63) is 203 Å². The number of ether oxygens (including phenoxy) is 1. The van der Waals surface area contributed by atoms with Crippen molar-refractivity contribution in [3.63, 3.8) is 0 Å². The SMILES string of the molecule is C1=Cc2ccc(-c3nc(-c4ccccc4)cc(-c4ccccc4)n3)cc2C2(c3ccccc31)c1ccccc1Oc1c2ccc2ccccc12. The van der Waals surface area contributed by atoms with E-state index >= 15 is 0 Å². The predicted octanol–water partition coefficient (Wildman–Crippen LogP) is 11.6. The summed E-state index contributed by atoms with van der Waals surface area (Å²) in [5.41, 5.74) is 11.1. The number of rotatable bonds is 3. The molecule has 7 aromatic carbocycles. The number of para-hydroxylation sites is 1. The summed E-state index contributed by atoms with van der Waals surface area (Å²) in [4.78, 5) is 10.5. The van der Waals surface area contributed by atoms with Crippen LogP contribution in [0.2, 0.25) is 0 Å². The minimum absolute atomic E-state index is 0.682. The van der Waals surface area contributed by atoms with Crippen molar-refractivity contribution in [2.45, 2.75) is 5.41 Å². The van der Waals surface area contributed by atoms with Gasteiger partial charge in [0.25, 0.3) is 0 Å². The molecule has 234 valence electrons. The Hall–Kier alpha value is -6.58. The van der Waals surface area contributed by atoms with Gasteiger partial charge in [-0.1, -0.05) is 164 Å². The molecule has 3 nitrogen and oxygen atoms in total. The molecule has 0 fully saturated rings. The Bertz CT molecular complexity index is 2570. The maximum Gasteiger partial charge on any atom is 0.160 e. The minimum Gasteiger partial charge on any atom is -0.456 e. The van der Waals surface area contributed by atoms with Crippen LogP contribution < -0.4 is 4.74 Å². The molecular formula is C47H30N2O. The first kappa shape index (κ1) is 28.4. The van der Waals surface area contributed by atoms with E-state index in [0.717, 1.165) is 67.0 Å². The summed E-state index contributed by atoms with van der Waals surface area (Å²) >= 11 is 0. The number of benzene rings is 7. The van der Waals surface area contributed by atoms with Crippen molar-refractivity contribution in [1.29, 1.82) is 0 Å². The van der Waals surface area contributed by atoms with E-state index in [1.807, 2.05) is 12.1 Å². The van der Waals surface area contributed by atoms with Gasteiger partial charge in [0.05, 0.1) is 16.8 Å². The lowest BCUT2D eigenvalue weighted by Gasteiger charge is -2.42. The monoisotopic (exact) mass is 638 g/mol. The van der Waals surface area contributed by atoms with Crippen molar-refractivity contribution in [1.82, 2.24) is 9.97 Å². The van der Waals surface area contributed by atoms with Crippen LogP contribution in [0.3, 0.4) is 0 Å². The number of nitrogens with zero attached hydrogens (tertiary/aromatic N) is 2. The maximum atomic E-state index is 6.89. The van der Waals surface area contributed by atoms with E-state index in [9.17, 15) is 0 Å². The van der Waals surface area contributed by atoms with Crippen LogP contribution in [0.1, 0.15) is 33.4 Å². The lowest BCUT2D eigenvalue weighted by atomic mass is 9.62. The summed E-state index contributed by atoms with van der Waals surface area (Å²) in [5, 5.41) is 2.24. The van der Waals surface area contributed by atoms with Gasteiger partial charge in [0, 0.05) is 33.2 Å². The fourth-order valence-corrected chi connectivity index (χ4v) is 7.91. The second-order valence-electron chi connectivity index (χ2n) is 12.9. The molecule has 2 aliphatic rings. The molecule has 0 saturated heterocycles. The fourth-order valence-electron chi connectivity index (χ4n) is 7.91. The first-order valence-electron chi connectivity index (χ1n) is 17.0. The van der Waals surface area contributed by atoms with E-state index in [0.29, 0.717) is 5.82 Å². The Morgan fingerprint density at radius 1 is 0.420 bits per heavy atom. The smallest absolute Gasteiger partial charge is 0.160 e. The van der Waals surface area contributed by atoms with E-state index < -0.39 is 5.41 Å². The summed E-state index contributed by atoms with van der Waals surface area (Å²) < 4.78 is 6.89. The molecule has 1 atom stereocenters. The summed E-state index contributed by atoms with van der Waals surface area (Å²) in [6.45, 7) is 0. The highest BCUT2D eigenvalue weighted by molar-refractivity contribution is 5.94. The van der Waals surface area contributed by atoms with Gasteiger partial charge in [-0.2, -0.15) is 0 Å². The summed E-state index contributed by atoms with van der Waals surface area (Å²) in [6.07, 6.45) is 4.50. The number of hydrogen-bond donors (Lipinski definition) is 0. The van der Waals surface area contributed by atoms with Crippen molar-refractivity contribution in [2.75, 3.05) is 0 Å². The Kier molecular flexibility index (Phi) is 6.40. The number of fused-ring (bicyclic) bond motifs is 10. The molecule has 1 aliphatic carbocycles. The highest BCUT2D eigenvalue weighted by Gasteiger charge is 2.48. The first-order chi connectivity index (χ1) is 24.8. The molecule has 0 radical (unpaired) electrons. The summed E-state index contributed by atoms with van der Waals surface area (Å²) in [6, 6.07) is 59.8. The van der Waals surface area contributed by atoms with E-state index in [1.165, 1.54) is 16.7 Å². The molecule has 10 rings (SSSR count). The largest absolute Gasteiger partial charge is 0.456 e. The average molecular weight is 639 g/mol. The molecule has 8 aromatic rings. The minimum atomic E-state index is -0.682. The van der Waals surface area contributed by atoms with Crippen molar-refractivity contribution in [2.24, 2.45) is 0 Å². The average Bonchev–Trinajstić information content (AvgIpc) is 3.33. The normalized spacial score (nSPS) is 15.4. The molecule has 0 saturated carbocycles. The molecule has 50 heavy (non-hydrogen) atoms. The maximum absolute atomic E-state index is 6.89. The standard InChI is InChI=1S/C47H30N2O/c1-3-15-34(16-4-1)42-30-43(35-17-5-2-6-18-35)49-46(48-42)36-26-25-33-24-23-32-14-8-10-20-38(32)47(41(33)29-36)39-21-11-12-22-44(39)50-45-37-19-9-7-13-31(37)27-28-40(45)47/h1-30H. The second-order valence-corrected chi connectivity index (χ2v) is 12.9. The van der Waals surface area contributed by atoms with Crippen LogP contribution in [0.5, 0.6) is 11.5 Å². The highest BCUT2D eigenvalue weighted by Crippen LogP contribution is 2.59. The van der Waals surface area contributed by atoms with Gasteiger partial charge >= 0.3 is 0 Å². The van der Waals surface area contributed by atoms with Crippen LogP contribution in [0.4, 0.5) is 0 Å². The van der Waals surface area contributed by atoms with Gasteiger partial charge in [-0.25, -0.2) is 9.97 Å². The van der Waals surface area contributed by atoms with Gasteiger partial charge in [0.15, 0.2) is 5.82 Å². The lowest BCUT2D eigenvalue weighted by molar-refractivity contribution is 0.439. The topological polar surface area (TPSA) is 35.0 Å². The van der Waals surface area contributed by atoms with Crippen molar-refractivity contribution >= 4 is 22.9 Å². The number of hydrogen-bond acceptors (Lipinski definition) is 3. The first-order valence-corrected chi connectivity index (χ1v) is 17.0. The van der Waals surface area contributed by atoms with Crippen LogP contribution in [0.15, 0.2) is 170 Å². The van der Waals surface area contributed by atoms with Crippen LogP contribution in [-0.4, -0.2) is 9.97 Å². The number of aromatic nitrogens is 2. The Morgan fingerprint density at radius 2 is 1.04 bits per heavy atom. The molecule has 1 spiro atoms. The third kappa shape index (κ3) is 4.30. The molecule has 1 aromatic heterocycles. The van der Waals surface area contributed by atoms with Gasteiger partial charge in [-0.15, -0.1) is 0 Å². The van der Waals surface area contributed by atoms with Gasteiger partial charge in [0.2, 0.25) is 0 Å². The molecular weight excluding hydrogens is 609 g/mol. The fraction of sp³-hybridized carbons (Fsp3) is 0.0213. The van der Waals surface area contributed by atoms with Crippen molar-refractivity contribution in [3.8, 4) is 45.4 Å². The van der Waals surface area contributed by atoms with Crippen LogP contribution >= 0.6 is 0 Å². The third-order valence-electron chi connectivity index (χ3n) is 10.2.